The van der Waals surface area contributed by atoms with Crippen molar-refractivity contribution in [1.29, 1.82) is 0 Å². The molecular weight excluding hydrogens is 370 g/mol. The number of para-hydroxylation sites is 1. The van der Waals surface area contributed by atoms with Gasteiger partial charge in [-0.2, -0.15) is 0 Å². The Labute approximate surface area is 147 Å². The van der Waals surface area contributed by atoms with Crippen molar-refractivity contribution in [2.75, 3.05) is 5.32 Å². The number of nitrogens with one attached hydrogen (secondary N) is 2. The van der Waals surface area contributed by atoms with Crippen LogP contribution in [0.4, 0.5) is 5.69 Å². The zero-order valence-electron chi connectivity index (χ0n) is 12.7. The fraction of sp³-hybridized carbons (Fsp3) is 0.118. The molecule has 0 fully saturated rings. The molecule has 2 heterocycles. The summed E-state index contributed by atoms with van der Waals surface area (Å²) in [6.45, 7) is 1.01. The average Bonchev–Trinajstić information content (AvgIpc) is 3.23. The molecule has 1 aliphatic heterocycles. The predicted molar refractivity (Wildman–Crippen MR) is 94.0 cm³/mol. The van der Waals surface area contributed by atoms with E-state index in [1.54, 1.807) is 6.33 Å². The number of halogens is 1. The molecule has 24 heavy (non-hydrogen) atoms. The van der Waals surface area contributed by atoms with Crippen molar-refractivity contribution in [2.24, 2.45) is 0 Å². The molecule has 0 saturated heterocycles. The van der Waals surface area contributed by atoms with Gasteiger partial charge in [-0.05, 0) is 24.3 Å². The third-order valence-corrected chi connectivity index (χ3v) is 4.74. The quantitative estimate of drug-likeness (QED) is 0.726. The molecular formula is C17H14BrN5O. The van der Waals surface area contributed by atoms with E-state index >= 15 is 0 Å². The molecule has 0 aliphatic carbocycles. The third-order valence-electron chi connectivity index (χ3n) is 4.00. The Hall–Kier alpha value is -2.67. The van der Waals surface area contributed by atoms with E-state index in [1.165, 1.54) is 0 Å². The largest absolute Gasteiger partial charge is 0.377 e. The first-order valence-corrected chi connectivity index (χ1v) is 8.31. The van der Waals surface area contributed by atoms with Crippen LogP contribution in [-0.2, 0) is 13.1 Å². The van der Waals surface area contributed by atoms with Crippen LogP contribution in [0, 0.1) is 0 Å². The first-order valence-electron chi connectivity index (χ1n) is 7.52. The molecule has 1 amide bonds. The van der Waals surface area contributed by atoms with Crippen LogP contribution >= 0.6 is 15.9 Å². The lowest BCUT2D eigenvalue weighted by atomic mass is 10.1. The fourth-order valence-corrected chi connectivity index (χ4v) is 3.29. The molecule has 4 rings (SSSR count). The summed E-state index contributed by atoms with van der Waals surface area (Å²) >= 11 is 3.49. The van der Waals surface area contributed by atoms with Crippen LogP contribution in [0.2, 0.25) is 0 Å². The minimum atomic E-state index is -0.0571. The van der Waals surface area contributed by atoms with Crippen molar-refractivity contribution >= 4 is 27.5 Å². The summed E-state index contributed by atoms with van der Waals surface area (Å²) < 4.78 is 2.86. The molecule has 3 aromatic rings. The lowest BCUT2D eigenvalue weighted by molar-refractivity contribution is 0.0966. The highest BCUT2D eigenvalue weighted by Crippen LogP contribution is 2.31. The van der Waals surface area contributed by atoms with Crippen LogP contribution in [0.25, 0.3) is 5.69 Å². The van der Waals surface area contributed by atoms with E-state index < -0.39 is 0 Å². The van der Waals surface area contributed by atoms with Gasteiger partial charge < -0.3 is 10.6 Å². The normalized spacial score (nSPS) is 12.8. The van der Waals surface area contributed by atoms with Gasteiger partial charge in [0, 0.05) is 28.0 Å². The Morgan fingerprint density at radius 1 is 1.21 bits per heavy atom. The van der Waals surface area contributed by atoms with Gasteiger partial charge in [0.05, 0.1) is 12.1 Å². The van der Waals surface area contributed by atoms with Crippen LogP contribution in [0.3, 0.4) is 0 Å². The molecule has 2 N–H and O–H groups in total. The van der Waals surface area contributed by atoms with Crippen molar-refractivity contribution in [1.82, 2.24) is 20.1 Å². The summed E-state index contributed by atoms with van der Waals surface area (Å²) in [6, 6.07) is 13.8. The highest BCUT2D eigenvalue weighted by Gasteiger charge is 2.24. The number of nitrogens with zero attached hydrogens (tertiary/aromatic N) is 3. The topological polar surface area (TPSA) is 71.8 Å². The van der Waals surface area contributed by atoms with E-state index in [2.05, 4.69) is 36.8 Å². The van der Waals surface area contributed by atoms with E-state index in [0.29, 0.717) is 18.7 Å². The van der Waals surface area contributed by atoms with Gasteiger partial charge >= 0.3 is 0 Å². The van der Waals surface area contributed by atoms with Crippen molar-refractivity contribution in [3.8, 4) is 5.69 Å². The molecule has 120 valence electrons. The average molecular weight is 384 g/mol. The Bertz CT molecular complexity index is 907. The summed E-state index contributed by atoms with van der Waals surface area (Å²) in [5, 5.41) is 14.3. The number of aromatic nitrogens is 3. The molecule has 0 unspecified atom stereocenters. The Balaban J connectivity index is 1.61. The van der Waals surface area contributed by atoms with Crippen LogP contribution in [0.1, 0.15) is 21.7 Å². The smallest absolute Gasteiger partial charge is 0.254 e. The third kappa shape index (κ3) is 2.56. The molecule has 1 aromatic heterocycles. The highest BCUT2D eigenvalue weighted by molar-refractivity contribution is 9.10. The maximum absolute atomic E-state index is 12.1. The van der Waals surface area contributed by atoms with Gasteiger partial charge in [0.15, 0.2) is 5.82 Å². The maximum Gasteiger partial charge on any atom is 0.254 e. The Morgan fingerprint density at radius 3 is 2.88 bits per heavy atom. The van der Waals surface area contributed by atoms with E-state index in [1.807, 2.05) is 47.0 Å². The van der Waals surface area contributed by atoms with Crippen LogP contribution in [0.15, 0.2) is 53.3 Å². The van der Waals surface area contributed by atoms with Gasteiger partial charge in [0.2, 0.25) is 0 Å². The van der Waals surface area contributed by atoms with Crippen molar-refractivity contribution in [3.05, 3.63) is 70.2 Å². The summed E-state index contributed by atoms with van der Waals surface area (Å²) in [5.41, 5.74) is 3.47. The molecule has 6 nitrogen and oxygen atoms in total. The monoisotopic (exact) mass is 383 g/mol. The highest BCUT2D eigenvalue weighted by atomic mass is 79.9. The molecule has 1 aliphatic rings. The van der Waals surface area contributed by atoms with E-state index in [-0.39, 0.29) is 5.91 Å². The standard InChI is InChI=1S/C17H14BrN5O/c18-13-6-7-14(16-12(13)8-20-17(16)24)19-9-15-22-21-10-23(15)11-4-2-1-3-5-11/h1-7,10,19H,8-9H2,(H,20,24). The zero-order valence-corrected chi connectivity index (χ0v) is 14.2. The number of hydrogen-bond donors (Lipinski definition) is 2. The molecule has 0 atom stereocenters. The minimum Gasteiger partial charge on any atom is -0.377 e. The van der Waals surface area contributed by atoms with Gasteiger partial charge in [-0.1, -0.05) is 34.1 Å². The molecule has 0 saturated carbocycles. The number of carbonyl (C=O) groups excluding carboxylic acids is 1. The summed E-state index contributed by atoms with van der Waals surface area (Å²) in [5.74, 6) is 0.717. The van der Waals surface area contributed by atoms with Gasteiger partial charge in [-0.25, -0.2) is 0 Å². The number of amides is 1. The second-order valence-corrected chi connectivity index (χ2v) is 6.29. The summed E-state index contributed by atoms with van der Waals surface area (Å²) in [7, 11) is 0. The minimum absolute atomic E-state index is 0.0571. The first kappa shape index (κ1) is 14.9. The zero-order chi connectivity index (χ0) is 16.5. The number of hydrogen-bond acceptors (Lipinski definition) is 4. The van der Waals surface area contributed by atoms with Gasteiger partial charge in [0.25, 0.3) is 5.91 Å². The molecule has 0 bridgehead atoms. The van der Waals surface area contributed by atoms with E-state index in [9.17, 15) is 4.79 Å². The number of carbonyl (C=O) groups is 1. The number of benzene rings is 2. The second kappa shape index (κ2) is 6.09. The number of anilines is 1. The van der Waals surface area contributed by atoms with Crippen molar-refractivity contribution < 1.29 is 4.79 Å². The van der Waals surface area contributed by atoms with Crippen molar-refractivity contribution in [2.45, 2.75) is 13.1 Å². The lowest BCUT2D eigenvalue weighted by Gasteiger charge is -2.12. The number of fused-ring (bicyclic) bond motifs is 1. The van der Waals surface area contributed by atoms with Gasteiger partial charge in [-0.3, -0.25) is 9.36 Å². The SMILES string of the molecule is O=C1NCc2c(Br)ccc(NCc3nncn3-c3ccccc3)c21. The van der Waals surface area contributed by atoms with Crippen LogP contribution in [0.5, 0.6) is 0 Å². The van der Waals surface area contributed by atoms with Crippen LogP contribution < -0.4 is 10.6 Å². The fourth-order valence-electron chi connectivity index (χ4n) is 2.82. The predicted octanol–water partition coefficient (Wildman–Crippen LogP) is 2.89. The van der Waals surface area contributed by atoms with Gasteiger partial charge in [0.1, 0.15) is 6.33 Å². The molecule has 0 radical (unpaired) electrons. The lowest BCUT2D eigenvalue weighted by Crippen LogP contribution is -2.14. The Morgan fingerprint density at radius 2 is 2.04 bits per heavy atom. The second-order valence-electron chi connectivity index (χ2n) is 5.44. The molecule has 0 spiro atoms. The number of rotatable bonds is 4. The van der Waals surface area contributed by atoms with E-state index in [4.69, 9.17) is 0 Å². The Kier molecular flexibility index (Phi) is 3.78. The first-order chi connectivity index (χ1) is 11.7. The maximum atomic E-state index is 12.1. The van der Waals surface area contributed by atoms with Crippen LogP contribution in [-0.4, -0.2) is 20.7 Å². The van der Waals surface area contributed by atoms with Crippen molar-refractivity contribution in [3.63, 3.8) is 0 Å². The molecule has 7 heteroatoms. The van der Waals surface area contributed by atoms with Gasteiger partial charge in [-0.15, -0.1) is 10.2 Å². The summed E-state index contributed by atoms with van der Waals surface area (Å²) in [4.78, 5) is 12.1. The molecule has 2 aromatic carbocycles. The summed E-state index contributed by atoms with van der Waals surface area (Å²) in [6.07, 6.45) is 1.69. The van der Waals surface area contributed by atoms with E-state index in [0.717, 1.165) is 27.2 Å².